The number of benzene rings is 1. The summed E-state index contributed by atoms with van der Waals surface area (Å²) in [6, 6.07) is 7.04. The van der Waals surface area contributed by atoms with Gasteiger partial charge in [0, 0.05) is 25.6 Å². The number of amides is 1. The Morgan fingerprint density at radius 3 is 3.10 bits per heavy atom. The maximum atomic E-state index is 11.5. The maximum absolute atomic E-state index is 11.5. The molecule has 2 N–H and O–H groups in total. The molecular formula is C17H20N2O2. The number of nitrogens with two attached hydrogens (primary N) is 1. The van der Waals surface area contributed by atoms with E-state index in [0.717, 1.165) is 38.1 Å². The zero-order valence-electron chi connectivity index (χ0n) is 12.0. The molecule has 3 unspecified atom stereocenters. The van der Waals surface area contributed by atoms with Gasteiger partial charge in [-0.05, 0) is 36.0 Å². The van der Waals surface area contributed by atoms with Crippen LogP contribution in [0.4, 0.5) is 0 Å². The number of carbonyl (C=O) groups excluding carboxylic acids is 1. The van der Waals surface area contributed by atoms with Gasteiger partial charge < -0.3 is 10.5 Å². The second kappa shape index (κ2) is 5.11. The van der Waals surface area contributed by atoms with Gasteiger partial charge in [0.15, 0.2) is 0 Å². The molecule has 0 saturated carbocycles. The van der Waals surface area contributed by atoms with Gasteiger partial charge in [0.1, 0.15) is 0 Å². The minimum Gasteiger partial charge on any atom is -0.375 e. The molecule has 21 heavy (non-hydrogen) atoms. The molecule has 3 aliphatic rings. The van der Waals surface area contributed by atoms with Crippen LogP contribution in [0, 0.1) is 6.42 Å². The summed E-state index contributed by atoms with van der Waals surface area (Å²) < 4.78 is 5.65. The number of aryl methyl sites for hydroxylation is 1. The third-order valence-electron chi connectivity index (χ3n) is 4.95. The quantitative estimate of drug-likeness (QED) is 0.909. The van der Waals surface area contributed by atoms with Gasteiger partial charge in [-0.2, -0.15) is 0 Å². The Labute approximate surface area is 125 Å². The number of nitrogens with zero attached hydrogens (tertiary/aromatic N) is 1. The van der Waals surface area contributed by atoms with Crippen LogP contribution in [-0.4, -0.2) is 36.1 Å². The van der Waals surface area contributed by atoms with Crippen molar-refractivity contribution in [1.29, 1.82) is 0 Å². The fraction of sp³-hybridized carbons (Fsp3) is 0.529. The topological polar surface area (TPSA) is 55.6 Å². The predicted octanol–water partition coefficient (Wildman–Crippen LogP) is 1.26. The molecule has 2 heterocycles. The van der Waals surface area contributed by atoms with Crippen molar-refractivity contribution >= 4 is 5.91 Å². The van der Waals surface area contributed by atoms with Crippen LogP contribution in [0.1, 0.15) is 35.4 Å². The van der Waals surface area contributed by atoms with Crippen LogP contribution in [-0.2, 0) is 22.5 Å². The van der Waals surface area contributed by atoms with Gasteiger partial charge in [-0.25, -0.2) is 0 Å². The number of carbonyl (C=O) groups is 1. The Morgan fingerprint density at radius 2 is 2.38 bits per heavy atom. The van der Waals surface area contributed by atoms with Crippen molar-refractivity contribution in [2.75, 3.05) is 13.2 Å². The van der Waals surface area contributed by atoms with Crippen molar-refractivity contribution in [3.63, 3.8) is 0 Å². The van der Waals surface area contributed by atoms with Gasteiger partial charge in [0.2, 0.25) is 5.91 Å². The lowest BCUT2D eigenvalue weighted by Crippen LogP contribution is -2.36. The first-order chi connectivity index (χ1) is 10.2. The standard InChI is InChI=1S/C17H20N2O2/c18-17(20)16-3-1-2-12-6-11(4-5-15(12)16)8-19-9-14-7-13(19)10-21-14/h4-6,13-14,16H,1-2,7-10H2,(H2,18,20). The molecule has 4 nitrogen and oxygen atoms in total. The Kier molecular flexibility index (Phi) is 3.23. The number of hydrogen-bond donors (Lipinski definition) is 1. The van der Waals surface area contributed by atoms with E-state index in [1.807, 2.05) is 0 Å². The number of hydrogen-bond acceptors (Lipinski definition) is 3. The van der Waals surface area contributed by atoms with Gasteiger partial charge in [-0.1, -0.05) is 18.2 Å². The van der Waals surface area contributed by atoms with Crippen LogP contribution in [0.3, 0.4) is 0 Å². The fourth-order valence-electron chi connectivity index (χ4n) is 3.88. The van der Waals surface area contributed by atoms with Crippen LogP contribution in [0.2, 0.25) is 0 Å². The second-order valence-corrected chi connectivity index (χ2v) is 6.35. The van der Waals surface area contributed by atoms with Crippen molar-refractivity contribution in [3.05, 3.63) is 41.3 Å². The summed E-state index contributed by atoms with van der Waals surface area (Å²) >= 11 is 0. The SMILES string of the molecule is NC(=O)C1[C]CCc2cc(CN3CC4CC3CO4)ccc21. The molecule has 110 valence electrons. The molecule has 4 rings (SSSR count). The number of fused-ring (bicyclic) bond motifs is 3. The molecule has 0 aromatic heterocycles. The summed E-state index contributed by atoms with van der Waals surface area (Å²) in [5, 5.41) is 0. The molecule has 1 aromatic rings. The maximum Gasteiger partial charge on any atom is 0.225 e. The van der Waals surface area contributed by atoms with Crippen LogP contribution in [0.15, 0.2) is 18.2 Å². The van der Waals surface area contributed by atoms with Crippen molar-refractivity contribution < 1.29 is 9.53 Å². The first kappa shape index (κ1) is 13.3. The summed E-state index contributed by atoms with van der Waals surface area (Å²) in [7, 11) is 0. The van der Waals surface area contributed by atoms with Crippen LogP contribution in [0.25, 0.3) is 0 Å². The average Bonchev–Trinajstić information content (AvgIpc) is 3.09. The molecule has 1 aliphatic carbocycles. The largest absolute Gasteiger partial charge is 0.375 e. The number of primary amides is 1. The van der Waals surface area contributed by atoms with E-state index >= 15 is 0 Å². The van der Waals surface area contributed by atoms with Gasteiger partial charge >= 0.3 is 0 Å². The molecule has 3 atom stereocenters. The van der Waals surface area contributed by atoms with Crippen molar-refractivity contribution in [3.8, 4) is 0 Å². The molecular weight excluding hydrogens is 264 g/mol. The predicted molar refractivity (Wildman–Crippen MR) is 78.5 cm³/mol. The van der Waals surface area contributed by atoms with Crippen LogP contribution in [0.5, 0.6) is 0 Å². The molecule has 2 bridgehead atoms. The molecule has 2 fully saturated rings. The third kappa shape index (κ3) is 2.36. The summed E-state index contributed by atoms with van der Waals surface area (Å²) in [6.07, 6.45) is 6.58. The van der Waals surface area contributed by atoms with E-state index in [2.05, 4.69) is 29.5 Å². The average molecular weight is 284 g/mol. The molecule has 1 amide bonds. The lowest BCUT2D eigenvalue weighted by Gasteiger charge is -2.28. The molecule has 4 heteroatoms. The normalized spacial score (nSPS) is 31.3. The highest BCUT2D eigenvalue weighted by molar-refractivity contribution is 5.84. The van der Waals surface area contributed by atoms with Crippen molar-refractivity contribution in [2.45, 2.75) is 43.9 Å². The number of morpholine rings is 1. The number of rotatable bonds is 3. The monoisotopic (exact) mass is 284 g/mol. The first-order valence-electron chi connectivity index (χ1n) is 7.71. The summed E-state index contributed by atoms with van der Waals surface area (Å²) in [6.45, 7) is 2.91. The highest BCUT2D eigenvalue weighted by atomic mass is 16.5. The van der Waals surface area contributed by atoms with E-state index < -0.39 is 0 Å². The van der Waals surface area contributed by atoms with Gasteiger partial charge in [0.25, 0.3) is 0 Å². The molecule has 1 aromatic carbocycles. The van der Waals surface area contributed by atoms with E-state index in [9.17, 15) is 4.79 Å². The van der Waals surface area contributed by atoms with Gasteiger partial charge in [-0.3, -0.25) is 9.69 Å². The minimum absolute atomic E-state index is 0.294. The smallest absolute Gasteiger partial charge is 0.225 e. The van der Waals surface area contributed by atoms with E-state index in [0.29, 0.717) is 12.1 Å². The van der Waals surface area contributed by atoms with Crippen molar-refractivity contribution in [1.82, 2.24) is 4.90 Å². The first-order valence-corrected chi connectivity index (χ1v) is 7.71. The highest BCUT2D eigenvalue weighted by Crippen LogP contribution is 2.33. The van der Waals surface area contributed by atoms with Gasteiger partial charge in [-0.15, -0.1) is 0 Å². The molecule has 2 saturated heterocycles. The van der Waals surface area contributed by atoms with E-state index in [1.54, 1.807) is 0 Å². The molecule has 0 spiro atoms. The lowest BCUT2D eigenvalue weighted by atomic mass is 9.81. The van der Waals surface area contributed by atoms with E-state index in [-0.39, 0.29) is 11.8 Å². The molecule has 2 aliphatic heterocycles. The lowest BCUT2D eigenvalue weighted by molar-refractivity contribution is -0.118. The summed E-state index contributed by atoms with van der Waals surface area (Å²) in [5.41, 5.74) is 9.10. The second-order valence-electron chi connectivity index (χ2n) is 6.35. The number of likely N-dealkylation sites (tertiary alicyclic amines) is 1. The third-order valence-corrected chi connectivity index (χ3v) is 4.95. The van der Waals surface area contributed by atoms with E-state index in [4.69, 9.17) is 10.5 Å². The number of ether oxygens (including phenoxy) is 1. The van der Waals surface area contributed by atoms with Crippen LogP contribution >= 0.6 is 0 Å². The van der Waals surface area contributed by atoms with Gasteiger partial charge in [0.05, 0.1) is 18.6 Å². The fourth-order valence-corrected chi connectivity index (χ4v) is 3.88. The summed E-state index contributed by atoms with van der Waals surface area (Å²) in [4.78, 5) is 14.0. The zero-order chi connectivity index (χ0) is 14.4. The Morgan fingerprint density at radius 1 is 1.48 bits per heavy atom. The Bertz CT molecular complexity index is 572. The van der Waals surface area contributed by atoms with Crippen LogP contribution < -0.4 is 5.73 Å². The Balaban J connectivity index is 1.54. The minimum atomic E-state index is -0.334. The zero-order valence-corrected chi connectivity index (χ0v) is 12.0. The highest BCUT2D eigenvalue weighted by Gasteiger charge is 2.38. The Hall–Kier alpha value is -1.39. The molecule has 2 radical (unpaired) electrons. The summed E-state index contributed by atoms with van der Waals surface area (Å²) in [5.74, 6) is -0.628. The van der Waals surface area contributed by atoms with E-state index in [1.165, 1.54) is 17.5 Å². The van der Waals surface area contributed by atoms with Crippen molar-refractivity contribution in [2.24, 2.45) is 5.73 Å².